The Balaban J connectivity index is 1.79. The van der Waals surface area contributed by atoms with Gasteiger partial charge in [-0.2, -0.15) is 0 Å². The van der Waals surface area contributed by atoms with E-state index >= 15 is 0 Å². The minimum atomic E-state index is -3.90. The number of aromatic nitrogens is 2. The van der Waals surface area contributed by atoms with Crippen molar-refractivity contribution < 1.29 is 8.42 Å². The summed E-state index contributed by atoms with van der Waals surface area (Å²) in [6, 6.07) is 17.1. The fourth-order valence-corrected chi connectivity index (χ4v) is 4.49. The van der Waals surface area contributed by atoms with Crippen LogP contribution in [0.3, 0.4) is 0 Å². The zero-order valence-electron chi connectivity index (χ0n) is 16.6. The monoisotopic (exact) mass is 472 g/mol. The van der Waals surface area contributed by atoms with Crippen LogP contribution < -0.4 is 10.0 Å². The van der Waals surface area contributed by atoms with Gasteiger partial charge in [0.1, 0.15) is 0 Å². The highest BCUT2D eigenvalue weighted by Gasteiger charge is 2.20. The van der Waals surface area contributed by atoms with Crippen molar-refractivity contribution in [3.8, 4) is 0 Å². The highest BCUT2D eigenvalue weighted by molar-refractivity contribution is 7.92. The van der Waals surface area contributed by atoms with Gasteiger partial charge in [0.25, 0.3) is 10.0 Å². The smallest absolute Gasteiger partial charge is 0.263 e. The highest BCUT2D eigenvalue weighted by atomic mass is 35.5. The first-order valence-corrected chi connectivity index (χ1v) is 11.6. The Kier molecular flexibility index (Phi) is 5.75. The summed E-state index contributed by atoms with van der Waals surface area (Å²) in [5, 5.41) is 3.91. The predicted octanol–water partition coefficient (Wildman–Crippen LogP) is 6.10. The van der Waals surface area contributed by atoms with Crippen molar-refractivity contribution in [3.05, 3.63) is 81.8 Å². The van der Waals surface area contributed by atoms with Crippen LogP contribution in [0.15, 0.2) is 65.6 Å². The number of nitrogens with zero attached hydrogens (tertiary/aromatic N) is 2. The molecule has 3 aromatic carbocycles. The SMILES string of the molecule is Cc1ccc(S(=O)(=O)Nc2nc3ccccc3nc2Nc2ccc(Cl)cc2Cl)cc1C. The number of benzene rings is 3. The molecule has 2 N–H and O–H groups in total. The maximum atomic E-state index is 13.1. The Morgan fingerprint density at radius 3 is 2.13 bits per heavy atom. The Labute approximate surface area is 190 Å². The quantitative estimate of drug-likeness (QED) is 0.366. The summed E-state index contributed by atoms with van der Waals surface area (Å²) in [6.45, 7) is 3.78. The van der Waals surface area contributed by atoms with E-state index in [-0.39, 0.29) is 16.5 Å². The van der Waals surface area contributed by atoms with E-state index in [1.807, 2.05) is 26.0 Å². The van der Waals surface area contributed by atoms with Crippen LogP contribution in [0.5, 0.6) is 0 Å². The van der Waals surface area contributed by atoms with Gasteiger partial charge in [0, 0.05) is 5.02 Å². The van der Waals surface area contributed by atoms with Crippen molar-refractivity contribution in [1.29, 1.82) is 0 Å². The lowest BCUT2D eigenvalue weighted by Gasteiger charge is -2.15. The molecule has 4 rings (SSSR count). The lowest BCUT2D eigenvalue weighted by Crippen LogP contribution is -2.16. The minimum Gasteiger partial charge on any atom is -0.336 e. The molecule has 4 aromatic rings. The van der Waals surface area contributed by atoms with Crippen molar-refractivity contribution in [2.45, 2.75) is 18.7 Å². The van der Waals surface area contributed by atoms with Crippen molar-refractivity contribution in [2.75, 3.05) is 10.0 Å². The van der Waals surface area contributed by atoms with Gasteiger partial charge in [0.15, 0.2) is 11.6 Å². The van der Waals surface area contributed by atoms with Crippen LogP contribution in [0.4, 0.5) is 17.3 Å². The van der Waals surface area contributed by atoms with Crippen LogP contribution in [0, 0.1) is 13.8 Å². The van der Waals surface area contributed by atoms with E-state index in [1.165, 1.54) is 0 Å². The zero-order chi connectivity index (χ0) is 22.2. The average molecular weight is 473 g/mol. The van der Waals surface area contributed by atoms with Crippen LogP contribution in [0.25, 0.3) is 11.0 Å². The molecule has 0 saturated carbocycles. The molecule has 0 spiro atoms. The Morgan fingerprint density at radius 2 is 1.48 bits per heavy atom. The Morgan fingerprint density at radius 1 is 0.806 bits per heavy atom. The molecule has 0 radical (unpaired) electrons. The highest BCUT2D eigenvalue weighted by Crippen LogP contribution is 2.32. The Hall–Kier alpha value is -2.87. The second kappa shape index (κ2) is 8.34. The van der Waals surface area contributed by atoms with Crippen LogP contribution in [-0.4, -0.2) is 18.4 Å². The first-order valence-electron chi connectivity index (χ1n) is 9.32. The van der Waals surface area contributed by atoms with Crippen molar-refractivity contribution in [3.63, 3.8) is 0 Å². The molecule has 0 aliphatic rings. The van der Waals surface area contributed by atoms with Crippen LogP contribution >= 0.6 is 23.2 Å². The molecule has 0 amide bonds. The van der Waals surface area contributed by atoms with Crippen molar-refractivity contribution in [2.24, 2.45) is 0 Å². The number of halogens is 2. The minimum absolute atomic E-state index is 0.0583. The summed E-state index contributed by atoms with van der Waals surface area (Å²) in [7, 11) is -3.90. The van der Waals surface area contributed by atoms with Gasteiger partial charge in [-0.25, -0.2) is 18.4 Å². The fourth-order valence-electron chi connectivity index (χ4n) is 2.94. The van der Waals surface area contributed by atoms with Crippen LogP contribution in [0.1, 0.15) is 11.1 Å². The number of sulfonamides is 1. The molecule has 31 heavy (non-hydrogen) atoms. The summed E-state index contributed by atoms with van der Waals surface area (Å²) < 4.78 is 28.7. The van der Waals surface area contributed by atoms with Gasteiger partial charge in [0.2, 0.25) is 0 Å². The van der Waals surface area contributed by atoms with Gasteiger partial charge >= 0.3 is 0 Å². The lowest BCUT2D eigenvalue weighted by atomic mass is 10.1. The van der Waals surface area contributed by atoms with E-state index in [4.69, 9.17) is 23.2 Å². The van der Waals surface area contributed by atoms with Gasteiger partial charge in [-0.15, -0.1) is 0 Å². The van der Waals surface area contributed by atoms with E-state index in [2.05, 4.69) is 20.0 Å². The lowest BCUT2D eigenvalue weighted by molar-refractivity contribution is 0.601. The number of hydrogen-bond acceptors (Lipinski definition) is 5. The summed E-state index contributed by atoms with van der Waals surface area (Å²) in [5.41, 5.74) is 3.54. The van der Waals surface area contributed by atoms with E-state index in [0.29, 0.717) is 26.8 Å². The molecular formula is C22H18Cl2N4O2S. The summed E-state index contributed by atoms with van der Waals surface area (Å²) >= 11 is 12.3. The third-order valence-electron chi connectivity index (χ3n) is 4.77. The predicted molar refractivity (Wildman–Crippen MR) is 126 cm³/mol. The third-order valence-corrected chi connectivity index (χ3v) is 6.66. The largest absolute Gasteiger partial charge is 0.336 e. The number of aryl methyl sites for hydroxylation is 2. The van der Waals surface area contributed by atoms with E-state index in [1.54, 1.807) is 48.5 Å². The molecule has 0 atom stereocenters. The number of hydrogen-bond donors (Lipinski definition) is 2. The summed E-state index contributed by atoms with van der Waals surface area (Å²) in [5.74, 6) is 0.276. The number of fused-ring (bicyclic) bond motifs is 1. The molecule has 9 heteroatoms. The molecule has 1 heterocycles. The molecule has 158 valence electrons. The second-order valence-corrected chi connectivity index (χ2v) is 9.54. The number of rotatable bonds is 5. The van der Waals surface area contributed by atoms with Gasteiger partial charge in [-0.3, -0.25) is 4.72 Å². The third kappa shape index (κ3) is 4.58. The molecule has 0 saturated heterocycles. The second-order valence-electron chi connectivity index (χ2n) is 7.01. The maximum Gasteiger partial charge on any atom is 0.263 e. The van der Waals surface area contributed by atoms with Gasteiger partial charge in [0.05, 0.1) is 26.6 Å². The first kappa shape index (κ1) is 21.4. The first-order chi connectivity index (χ1) is 14.7. The van der Waals surface area contributed by atoms with Gasteiger partial charge in [-0.1, -0.05) is 41.4 Å². The van der Waals surface area contributed by atoms with Crippen molar-refractivity contribution in [1.82, 2.24) is 9.97 Å². The average Bonchev–Trinajstić information content (AvgIpc) is 2.72. The van der Waals surface area contributed by atoms with Gasteiger partial charge in [-0.05, 0) is 67.4 Å². The van der Waals surface area contributed by atoms with Crippen molar-refractivity contribution >= 4 is 61.6 Å². The number of nitrogens with one attached hydrogen (secondary N) is 2. The molecule has 6 nitrogen and oxygen atoms in total. The van der Waals surface area contributed by atoms with E-state index in [9.17, 15) is 8.42 Å². The topological polar surface area (TPSA) is 84.0 Å². The number of anilines is 3. The fraction of sp³-hybridized carbons (Fsp3) is 0.0909. The zero-order valence-corrected chi connectivity index (χ0v) is 19.0. The standard InChI is InChI=1S/C22H18Cl2N4O2S/c1-13-7-9-16(11-14(13)2)31(29,30)28-22-21(25-18-10-8-15(23)12-17(18)24)26-19-5-3-4-6-20(19)27-22/h3-12H,1-2H3,(H,25,26)(H,27,28). The molecule has 0 aliphatic carbocycles. The normalized spacial score (nSPS) is 11.5. The molecule has 0 fully saturated rings. The maximum absolute atomic E-state index is 13.1. The molecule has 0 aliphatic heterocycles. The summed E-state index contributed by atoms with van der Waals surface area (Å²) in [4.78, 5) is 9.18. The van der Waals surface area contributed by atoms with Crippen LogP contribution in [0.2, 0.25) is 10.0 Å². The summed E-state index contributed by atoms with van der Waals surface area (Å²) in [6.07, 6.45) is 0. The Bertz CT molecular complexity index is 1410. The molecular weight excluding hydrogens is 455 g/mol. The molecule has 0 bridgehead atoms. The van der Waals surface area contributed by atoms with E-state index in [0.717, 1.165) is 11.1 Å². The number of para-hydroxylation sites is 2. The molecule has 1 aromatic heterocycles. The van der Waals surface area contributed by atoms with Crippen LogP contribution in [-0.2, 0) is 10.0 Å². The molecule has 0 unspecified atom stereocenters. The van der Waals surface area contributed by atoms with Gasteiger partial charge < -0.3 is 5.32 Å². The van der Waals surface area contributed by atoms with E-state index < -0.39 is 10.0 Å².